The SMILES string of the molecule is O=[N+]([O-])c1cc(Br)ccc1NC1(CO)CCOCC1. The minimum Gasteiger partial charge on any atom is -0.394 e. The van der Waals surface area contributed by atoms with Gasteiger partial charge in [0.15, 0.2) is 0 Å². The summed E-state index contributed by atoms with van der Waals surface area (Å²) in [7, 11) is 0. The van der Waals surface area contributed by atoms with E-state index in [0.717, 1.165) is 0 Å². The monoisotopic (exact) mass is 330 g/mol. The first-order valence-corrected chi connectivity index (χ1v) is 6.76. The minimum atomic E-state index is -0.545. The first-order valence-electron chi connectivity index (χ1n) is 5.97. The average Bonchev–Trinajstić information content (AvgIpc) is 2.42. The summed E-state index contributed by atoms with van der Waals surface area (Å²) in [4.78, 5) is 10.6. The number of nitrogens with zero attached hydrogens (tertiary/aromatic N) is 1. The van der Waals surface area contributed by atoms with Gasteiger partial charge >= 0.3 is 0 Å². The number of ether oxygens (including phenoxy) is 1. The summed E-state index contributed by atoms with van der Waals surface area (Å²) in [5.74, 6) is 0. The van der Waals surface area contributed by atoms with E-state index in [-0.39, 0.29) is 12.3 Å². The maximum atomic E-state index is 11.1. The highest BCUT2D eigenvalue weighted by Crippen LogP contribution is 2.33. The van der Waals surface area contributed by atoms with Crippen LogP contribution in [0.25, 0.3) is 0 Å². The van der Waals surface area contributed by atoms with E-state index in [2.05, 4.69) is 21.2 Å². The number of aliphatic hydroxyl groups is 1. The molecule has 0 unspecified atom stereocenters. The van der Waals surface area contributed by atoms with Crippen LogP contribution in [-0.4, -0.2) is 35.4 Å². The molecule has 0 amide bonds. The lowest BCUT2D eigenvalue weighted by molar-refractivity contribution is -0.384. The highest BCUT2D eigenvalue weighted by atomic mass is 79.9. The van der Waals surface area contributed by atoms with Crippen LogP contribution in [0.1, 0.15) is 12.8 Å². The largest absolute Gasteiger partial charge is 0.394 e. The van der Waals surface area contributed by atoms with Crippen molar-refractivity contribution in [3.8, 4) is 0 Å². The molecular weight excluding hydrogens is 316 g/mol. The zero-order valence-electron chi connectivity index (χ0n) is 10.3. The van der Waals surface area contributed by atoms with Gasteiger partial charge in [0.2, 0.25) is 0 Å². The van der Waals surface area contributed by atoms with Crippen molar-refractivity contribution in [2.45, 2.75) is 18.4 Å². The van der Waals surface area contributed by atoms with E-state index in [1.807, 2.05) is 0 Å². The van der Waals surface area contributed by atoms with Gasteiger partial charge in [-0.2, -0.15) is 0 Å². The fraction of sp³-hybridized carbons (Fsp3) is 0.500. The molecule has 1 fully saturated rings. The summed E-state index contributed by atoms with van der Waals surface area (Å²) in [5.41, 5.74) is -0.130. The van der Waals surface area contributed by atoms with Crippen LogP contribution < -0.4 is 5.32 Å². The van der Waals surface area contributed by atoms with Crippen molar-refractivity contribution in [3.05, 3.63) is 32.8 Å². The van der Waals surface area contributed by atoms with E-state index >= 15 is 0 Å². The summed E-state index contributed by atoms with van der Waals surface area (Å²) < 4.78 is 5.92. The summed E-state index contributed by atoms with van der Waals surface area (Å²) in [6.07, 6.45) is 1.24. The van der Waals surface area contributed by atoms with Crippen molar-refractivity contribution in [1.82, 2.24) is 0 Å². The molecule has 1 aromatic carbocycles. The number of halogens is 1. The summed E-state index contributed by atoms with van der Waals surface area (Å²) in [5, 5.41) is 23.8. The van der Waals surface area contributed by atoms with Crippen molar-refractivity contribution in [1.29, 1.82) is 0 Å². The molecule has 0 radical (unpaired) electrons. The molecule has 1 saturated heterocycles. The molecular formula is C12H15BrN2O4. The highest BCUT2D eigenvalue weighted by Gasteiger charge is 2.33. The van der Waals surface area contributed by atoms with E-state index in [9.17, 15) is 15.2 Å². The number of hydrogen-bond acceptors (Lipinski definition) is 5. The molecule has 0 aliphatic carbocycles. The Morgan fingerprint density at radius 2 is 2.16 bits per heavy atom. The van der Waals surface area contributed by atoms with Crippen molar-refractivity contribution in [2.75, 3.05) is 25.1 Å². The minimum absolute atomic E-state index is 0.00584. The molecule has 0 spiro atoms. The first kappa shape index (κ1) is 14.2. The molecule has 19 heavy (non-hydrogen) atoms. The van der Waals surface area contributed by atoms with Gasteiger partial charge in [0.25, 0.3) is 5.69 Å². The Bertz CT molecular complexity index is 475. The van der Waals surface area contributed by atoms with Crippen LogP contribution in [0.15, 0.2) is 22.7 Å². The Balaban J connectivity index is 2.28. The Kier molecular flexibility index (Phi) is 4.38. The van der Waals surface area contributed by atoms with Crippen molar-refractivity contribution in [3.63, 3.8) is 0 Å². The molecule has 7 heteroatoms. The number of aliphatic hydroxyl groups excluding tert-OH is 1. The standard InChI is InChI=1S/C12H15BrN2O4/c13-9-1-2-10(11(7-9)15(17)18)14-12(8-16)3-5-19-6-4-12/h1-2,7,14,16H,3-6,8H2. The van der Waals surface area contributed by atoms with Gasteiger partial charge in [0, 0.05) is 23.8 Å². The first-order chi connectivity index (χ1) is 9.06. The molecule has 2 rings (SSSR count). The van der Waals surface area contributed by atoms with E-state index < -0.39 is 10.5 Å². The molecule has 1 aliphatic heterocycles. The number of nitrogens with one attached hydrogen (secondary N) is 1. The zero-order valence-corrected chi connectivity index (χ0v) is 11.9. The smallest absolute Gasteiger partial charge is 0.293 e. The molecule has 2 N–H and O–H groups in total. The van der Waals surface area contributed by atoms with Gasteiger partial charge < -0.3 is 15.2 Å². The van der Waals surface area contributed by atoms with Crippen LogP contribution in [0, 0.1) is 10.1 Å². The number of nitro benzene ring substituents is 1. The van der Waals surface area contributed by atoms with Gasteiger partial charge in [-0.1, -0.05) is 15.9 Å². The van der Waals surface area contributed by atoms with E-state index in [0.29, 0.717) is 36.2 Å². The van der Waals surface area contributed by atoms with Crippen molar-refractivity contribution >= 4 is 27.3 Å². The number of nitro groups is 1. The van der Waals surface area contributed by atoms with Crippen molar-refractivity contribution in [2.24, 2.45) is 0 Å². The Morgan fingerprint density at radius 1 is 1.47 bits per heavy atom. The topological polar surface area (TPSA) is 84.6 Å². The van der Waals surface area contributed by atoms with Gasteiger partial charge in [-0.15, -0.1) is 0 Å². The Morgan fingerprint density at radius 3 is 2.74 bits per heavy atom. The third-order valence-corrected chi connectivity index (χ3v) is 3.80. The Hall–Kier alpha value is -1.18. The summed E-state index contributed by atoms with van der Waals surface area (Å²) >= 11 is 3.22. The third-order valence-electron chi connectivity index (χ3n) is 3.31. The van der Waals surface area contributed by atoms with Crippen molar-refractivity contribution < 1.29 is 14.8 Å². The lowest BCUT2D eigenvalue weighted by atomic mass is 9.90. The van der Waals surface area contributed by atoms with Crippen LogP contribution in [0.4, 0.5) is 11.4 Å². The Labute approximate surface area is 119 Å². The second-order valence-electron chi connectivity index (χ2n) is 4.59. The molecule has 6 nitrogen and oxygen atoms in total. The van der Waals surface area contributed by atoms with Gasteiger partial charge in [0.05, 0.1) is 17.1 Å². The van der Waals surface area contributed by atoms with Gasteiger partial charge in [-0.25, -0.2) is 0 Å². The number of anilines is 1. The third kappa shape index (κ3) is 3.23. The van der Waals surface area contributed by atoms with Crippen LogP contribution in [0.5, 0.6) is 0 Å². The second kappa shape index (κ2) is 5.85. The quantitative estimate of drug-likeness (QED) is 0.653. The number of rotatable bonds is 4. The molecule has 0 aromatic heterocycles. The number of benzene rings is 1. The summed E-state index contributed by atoms with van der Waals surface area (Å²) in [6, 6.07) is 4.83. The summed E-state index contributed by atoms with van der Waals surface area (Å²) in [6.45, 7) is 0.999. The zero-order chi connectivity index (χ0) is 13.9. The van der Waals surface area contributed by atoms with Crippen LogP contribution in [0.2, 0.25) is 0 Å². The maximum absolute atomic E-state index is 11.1. The van der Waals surface area contributed by atoms with Gasteiger partial charge in [-0.05, 0) is 25.0 Å². The molecule has 0 atom stereocenters. The van der Waals surface area contributed by atoms with Gasteiger partial charge in [-0.3, -0.25) is 10.1 Å². The molecule has 0 bridgehead atoms. The molecule has 1 aliphatic rings. The fourth-order valence-electron chi connectivity index (χ4n) is 2.13. The molecule has 0 saturated carbocycles. The van der Waals surface area contributed by atoms with Crippen LogP contribution in [-0.2, 0) is 4.74 Å². The molecule has 1 aromatic rings. The average molecular weight is 331 g/mol. The lowest BCUT2D eigenvalue weighted by Crippen LogP contribution is -2.47. The second-order valence-corrected chi connectivity index (χ2v) is 5.51. The van der Waals surface area contributed by atoms with Gasteiger partial charge in [0.1, 0.15) is 5.69 Å². The van der Waals surface area contributed by atoms with E-state index in [1.54, 1.807) is 12.1 Å². The van der Waals surface area contributed by atoms with Crippen LogP contribution in [0.3, 0.4) is 0 Å². The fourth-order valence-corrected chi connectivity index (χ4v) is 2.48. The van der Waals surface area contributed by atoms with E-state index in [1.165, 1.54) is 6.07 Å². The number of hydrogen-bond donors (Lipinski definition) is 2. The lowest BCUT2D eigenvalue weighted by Gasteiger charge is -2.37. The highest BCUT2D eigenvalue weighted by molar-refractivity contribution is 9.10. The van der Waals surface area contributed by atoms with E-state index in [4.69, 9.17) is 4.74 Å². The van der Waals surface area contributed by atoms with Crippen LogP contribution >= 0.6 is 15.9 Å². The maximum Gasteiger partial charge on any atom is 0.293 e. The molecule has 1 heterocycles. The predicted molar refractivity (Wildman–Crippen MR) is 74.3 cm³/mol. The normalized spacial score (nSPS) is 18.0. The predicted octanol–water partition coefficient (Wildman–Crippen LogP) is 2.31. The molecule has 104 valence electrons.